The predicted molar refractivity (Wildman–Crippen MR) is 99.7 cm³/mol. The summed E-state index contributed by atoms with van der Waals surface area (Å²) in [4.78, 5) is 0.0352. The van der Waals surface area contributed by atoms with Gasteiger partial charge in [0.05, 0.1) is 11.5 Å². The van der Waals surface area contributed by atoms with Gasteiger partial charge in [0.2, 0.25) is 0 Å². The molecule has 0 aromatic heterocycles. The van der Waals surface area contributed by atoms with Gasteiger partial charge in [0, 0.05) is 6.42 Å². The molecule has 144 valence electrons. The van der Waals surface area contributed by atoms with Crippen LogP contribution in [0.25, 0.3) is 0 Å². The summed E-state index contributed by atoms with van der Waals surface area (Å²) in [7, 11) is -3.96. The minimum Gasteiger partial charge on any atom is -0.465 e. The molecular weight excluding hydrogens is 368 g/mol. The predicted octanol–water partition coefficient (Wildman–Crippen LogP) is 3.46. The monoisotopic (exact) mass is 390 g/mol. The molecule has 1 aliphatic heterocycles. The van der Waals surface area contributed by atoms with Crippen LogP contribution in [0.2, 0.25) is 0 Å². The summed E-state index contributed by atoms with van der Waals surface area (Å²) >= 11 is 0. The highest BCUT2D eigenvalue weighted by molar-refractivity contribution is 7.86. The molecule has 0 amide bonds. The molecule has 1 N–H and O–H groups in total. The molecule has 27 heavy (non-hydrogen) atoms. The largest absolute Gasteiger partial charge is 0.465 e. The second kappa shape index (κ2) is 8.56. The molecule has 0 fully saturated rings. The number of aryl methyl sites for hydroxylation is 1. The van der Waals surface area contributed by atoms with Gasteiger partial charge in [-0.05, 0) is 31.9 Å². The van der Waals surface area contributed by atoms with Gasteiger partial charge in [-0.15, -0.1) is 0 Å². The second-order valence-electron chi connectivity index (χ2n) is 6.38. The molecule has 6 nitrogen and oxygen atoms in total. The van der Waals surface area contributed by atoms with Crippen molar-refractivity contribution in [2.45, 2.75) is 37.2 Å². The fourth-order valence-corrected chi connectivity index (χ4v) is 3.55. The third-order valence-corrected chi connectivity index (χ3v) is 5.45. The minimum absolute atomic E-state index is 0.0352. The number of ether oxygens (including phenoxy) is 2. The molecule has 1 atom stereocenters. The lowest BCUT2D eigenvalue weighted by molar-refractivity contribution is 0.0721. The van der Waals surface area contributed by atoms with Crippen molar-refractivity contribution >= 4 is 10.1 Å². The van der Waals surface area contributed by atoms with Crippen LogP contribution in [-0.2, 0) is 23.8 Å². The highest BCUT2D eigenvalue weighted by atomic mass is 32.2. The molecule has 0 bridgehead atoms. The molecule has 0 saturated carbocycles. The average Bonchev–Trinajstić information content (AvgIpc) is 2.67. The van der Waals surface area contributed by atoms with Crippen molar-refractivity contribution in [3.63, 3.8) is 0 Å². The fourth-order valence-electron chi connectivity index (χ4n) is 2.63. The van der Waals surface area contributed by atoms with Crippen LogP contribution >= 0.6 is 0 Å². The maximum Gasteiger partial charge on any atom is 0.297 e. The smallest absolute Gasteiger partial charge is 0.297 e. The Hall–Kier alpha value is -2.35. The van der Waals surface area contributed by atoms with Crippen molar-refractivity contribution < 1.29 is 27.2 Å². The molecule has 7 heteroatoms. The fraction of sp³-hybridized carbons (Fsp3) is 0.300. The van der Waals surface area contributed by atoms with Gasteiger partial charge in [-0.25, -0.2) is 0 Å². The number of hydrogen-bond acceptors (Lipinski definition) is 6. The normalized spacial score (nSPS) is 17.9. The zero-order chi connectivity index (χ0) is 19.3. The molecule has 0 saturated heterocycles. The van der Waals surface area contributed by atoms with Gasteiger partial charge in [-0.3, -0.25) is 4.18 Å². The number of rotatable bonds is 7. The lowest BCUT2D eigenvalue weighted by atomic mass is 10.0. The Balaban J connectivity index is 1.55. The van der Waals surface area contributed by atoms with E-state index in [4.69, 9.17) is 13.7 Å². The molecule has 2 aliphatic rings. The third-order valence-electron chi connectivity index (χ3n) is 4.15. The summed E-state index contributed by atoms with van der Waals surface area (Å²) in [5.74, 6) is 0.660. The Kier molecular flexibility index (Phi) is 6.15. The van der Waals surface area contributed by atoms with E-state index < -0.39 is 22.8 Å². The Morgan fingerprint density at radius 3 is 2.70 bits per heavy atom. The topological polar surface area (TPSA) is 82.1 Å². The van der Waals surface area contributed by atoms with Gasteiger partial charge in [0.15, 0.2) is 5.76 Å². The Morgan fingerprint density at radius 1 is 1.22 bits per heavy atom. The number of allylic oxidation sites excluding steroid dienone is 4. The van der Waals surface area contributed by atoms with E-state index in [0.29, 0.717) is 12.2 Å². The SMILES string of the molecule is Cc1ccc(S(=O)(=O)OCC(O)C2=COC=C(CC3=CC=CCC3)O2)cc1. The van der Waals surface area contributed by atoms with E-state index in [1.807, 2.05) is 19.1 Å². The first-order chi connectivity index (χ1) is 12.9. The zero-order valence-corrected chi connectivity index (χ0v) is 15.8. The van der Waals surface area contributed by atoms with Crippen molar-refractivity contribution in [3.8, 4) is 0 Å². The van der Waals surface area contributed by atoms with E-state index in [1.54, 1.807) is 12.1 Å². The highest BCUT2D eigenvalue weighted by Gasteiger charge is 2.23. The first-order valence-electron chi connectivity index (χ1n) is 8.65. The summed E-state index contributed by atoms with van der Waals surface area (Å²) in [5, 5.41) is 10.2. The van der Waals surface area contributed by atoms with Crippen molar-refractivity contribution in [2.24, 2.45) is 0 Å². The molecular formula is C20H22O6S. The van der Waals surface area contributed by atoms with E-state index in [1.165, 1.54) is 30.2 Å². The van der Waals surface area contributed by atoms with Gasteiger partial charge in [-0.1, -0.05) is 41.5 Å². The number of hydrogen-bond donors (Lipinski definition) is 1. The second-order valence-corrected chi connectivity index (χ2v) is 7.99. The first kappa shape index (κ1) is 19.4. The molecule has 1 aromatic rings. The lowest BCUT2D eigenvalue weighted by Crippen LogP contribution is -2.23. The van der Waals surface area contributed by atoms with E-state index in [0.717, 1.165) is 18.4 Å². The summed E-state index contributed by atoms with van der Waals surface area (Å²) < 4.78 is 40.2. The summed E-state index contributed by atoms with van der Waals surface area (Å²) in [5.41, 5.74) is 2.14. The van der Waals surface area contributed by atoms with Crippen LogP contribution in [0.5, 0.6) is 0 Å². The third kappa shape index (κ3) is 5.32. The molecule has 3 rings (SSSR count). The lowest BCUT2D eigenvalue weighted by Gasteiger charge is -2.21. The van der Waals surface area contributed by atoms with Gasteiger partial charge in [-0.2, -0.15) is 8.42 Å². The summed E-state index contributed by atoms with van der Waals surface area (Å²) in [6.07, 6.45) is 10.1. The molecule has 0 spiro atoms. The number of aliphatic hydroxyl groups excluding tert-OH is 1. The van der Waals surface area contributed by atoms with Crippen molar-refractivity contribution in [1.82, 2.24) is 0 Å². The van der Waals surface area contributed by atoms with E-state index in [2.05, 4.69) is 6.08 Å². The van der Waals surface area contributed by atoms with Crippen LogP contribution in [0.4, 0.5) is 0 Å². The van der Waals surface area contributed by atoms with Crippen molar-refractivity contribution in [2.75, 3.05) is 6.61 Å². The van der Waals surface area contributed by atoms with Gasteiger partial charge in [0.1, 0.15) is 24.4 Å². The molecule has 1 aromatic carbocycles. The Bertz CT molecular complexity index is 891. The molecule has 1 heterocycles. The highest BCUT2D eigenvalue weighted by Crippen LogP contribution is 2.26. The standard InChI is InChI=1S/C20H22O6S/c1-15-7-9-18(10-8-15)27(22,23)25-13-19(21)20-14-24-12-17(26-20)11-16-5-3-2-4-6-16/h2-3,5,7-10,12,14,19,21H,4,6,11,13H2,1H3. The Labute approximate surface area is 159 Å². The van der Waals surface area contributed by atoms with Crippen LogP contribution < -0.4 is 0 Å². The average molecular weight is 390 g/mol. The molecule has 1 aliphatic carbocycles. The minimum atomic E-state index is -3.96. The van der Waals surface area contributed by atoms with E-state index in [9.17, 15) is 13.5 Å². The quantitative estimate of drug-likeness (QED) is 0.718. The first-order valence-corrected chi connectivity index (χ1v) is 10.1. The Morgan fingerprint density at radius 2 is 2.00 bits per heavy atom. The zero-order valence-electron chi connectivity index (χ0n) is 15.0. The van der Waals surface area contributed by atoms with Gasteiger partial charge < -0.3 is 14.6 Å². The number of benzene rings is 1. The molecule has 1 unspecified atom stereocenters. The van der Waals surface area contributed by atoms with Crippen LogP contribution in [0.1, 0.15) is 24.8 Å². The summed E-state index contributed by atoms with van der Waals surface area (Å²) in [6.45, 7) is 1.39. The van der Waals surface area contributed by atoms with E-state index >= 15 is 0 Å². The van der Waals surface area contributed by atoms with Crippen LogP contribution in [0.15, 0.2) is 77.0 Å². The van der Waals surface area contributed by atoms with Crippen LogP contribution in [-0.4, -0.2) is 26.2 Å². The molecule has 0 radical (unpaired) electrons. The van der Waals surface area contributed by atoms with Crippen LogP contribution in [0.3, 0.4) is 0 Å². The van der Waals surface area contributed by atoms with Crippen LogP contribution in [0, 0.1) is 6.92 Å². The number of aliphatic hydroxyl groups is 1. The van der Waals surface area contributed by atoms with E-state index in [-0.39, 0.29) is 10.7 Å². The maximum atomic E-state index is 12.2. The van der Waals surface area contributed by atoms with Gasteiger partial charge >= 0.3 is 0 Å². The van der Waals surface area contributed by atoms with Crippen molar-refractivity contribution in [1.29, 1.82) is 0 Å². The van der Waals surface area contributed by atoms with Gasteiger partial charge in [0.25, 0.3) is 10.1 Å². The summed E-state index contributed by atoms with van der Waals surface area (Å²) in [6, 6.07) is 6.28. The maximum absolute atomic E-state index is 12.2. The van der Waals surface area contributed by atoms with Crippen molar-refractivity contribution in [3.05, 3.63) is 77.7 Å².